The van der Waals surface area contributed by atoms with Gasteiger partial charge in [0.05, 0.1) is 6.07 Å². The Kier molecular flexibility index (Phi) is 1.82. The molecule has 1 aliphatic carbocycles. The number of nitriles is 1. The van der Waals surface area contributed by atoms with Gasteiger partial charge in [0.15, 0.2) is 0 Å². The molecule has 2 aliphatic rings. The summed E-state index contributed by atoms with van der Waals surface area (Å²) in [6.07, 6.45) is 3.66. The molecule has 2 fully saturated rings. The SMILES string of the molecule is CNC1(C#N)CCN(C2CC2)C1. The maximum atomic E-state index is 9.00. The van der Waals surface area contributed by atoms with Gasteiger partial charge in [-0.3, -0.25) is 4.90 Å². The topological polar surface area (TPSA) is 39.1 Å². The number of hydrogen-bond acceptors (Lipinski definition) is 3. The molecule has 0 aromatic heterocycles. The fraction of sp³-hybridized carbons (Fsp3) is 0.889. The summed E-state index contributed by atoms with van der Waals surface area (Å²) in [6.45, 7) is 2.02. The molecule has 0 aromatic rings. The lowest BCUT2D eigenvalue weighted by Gasteiger charge is -2.20. The third-order valence-corrected chi connectivity index (χ3v) is 3.05. The highest BCUT2D eigenvalue weighted by Crippen LogP contribution is 2.32. The molecule has 0 amide bonds. The van der Waals surface area contributed by atoms with Crippen LogP contribution in [0.25, 0.3) is 0 Å². The average Bonchev–Trinajstić information content (AvgIpc) is 2.87. The molecular weight excluding hydrogens is 150 g/mol. The molecule has 1 saturated carbocycles. The molecule has 3 heteroatoms. The molecule has 0 radical (unpaired) electrons. The number of rotatable bonds is 2. The minimum Gasteiger partial charge on any atom is -0.301 e. The van der Waals surface area contributed by atoms with Crippen LogP contribution in [0.5, 0.6) is 0 Å². The highest BCUT2D eigenvalue weighted by atomic mass is 15.2. The molecule has 12 heavy (non-hydrogen) atoms. The molecule has 1 atom stereocenters. The van der Waals surface area contributed by atoms with Crippen LogP contribution in [0.3, 0.4) is 0 Å². The third kappa shape index (κ3) is 1.21. The van der Waals surface area contributed by atoms with Gasteiger partial charge in [0, 0.05) is 19.1 Å². The zero-order valence-corrected chi connectivity index (χ0v) is 7.51. The van der Waals surface area contributed by atoms with Crippen LogP contribution in [0.15, 0.2) is 0 Å². The third-order valence-electron chi connectivity index (χ3n) is 3.05. The van der Waals surface area contributed by atoms with Crippen molar-refractivity contribution in [3.8, 4) is 6.07 Å². The van der Waals surface area contributed by atoms with E-state index < -0.39 is 0 Å². The van der Waals surface area contributed by atoms with Crippen LogP contribution < -0.4 is 5.32 Å². The molecule has 0 aromatic carbocycles. The van der Waals surface area contributed by atoms with Gasteiger partial charge in [-0.25, -0.2) is 0 Å². The van der Waals surface area contributed by atoms with Crippen LogP contribution in [0, 0.1) is 11.3 Å². The van der Waals surface area contributed by atoms with Crippen molar-refractivity contribution < 1.29 is 0 Å². The minimum atomic E-state index is -0.247. The van der Waals surface area contributed by atoms with Gasteiger partial charge in [-0.05, 0) is 26.3 Å². The van der Waals surface area contributed by atoms with E-state index in [0.29, 0.717) is 0 Å². The van der Waals surface area contributed by atoms with Gasteiger partial charge < -0.3 is 5.32 Å². The van der Waals surface area contributed by atoms with Crippen molar-refractivity contribution in [3.63, 3.8) is 0 Å². The molecule has 1 saturated heterocycles. The molecule has 2 rings (SSSR count). The van der Waals surface area contributed by atoms with Gasteiger partial charge in [-0.1, -0.05) is 0 Å². The first-order valence-electron chi connectivity index (χ1n) is 4.64. The van der Waals surface area contributed by atoms with Gasteiger partial charge in [-0.2, -0.15) is 5.26 Å². The van der Waals surface area contributed by atoms with Crippen LogP contribution in [0.2, 0.25) is 0 Å². The zero-order chi connectivity index (χ0) is 8.60. The van der Waals surface area contributed by atoms with E-state index in [2.05, 4.69) is 16.3 Å². The second-order valence-electron chi connectivity index (χ2n) is 3.90. The van der Waals surface area contributed by atoms with E-state index in [-0.39, 0.29) is 5.54 Å². The normalized spacial score (nSPS) is 36.7. The summed E-state index contributed by atoms with van der Waals surface area (Å²) in [5.74, 6) is 0. The molecule has 3 nitrogen and oxygen atoms in total. The van der Waals surface area contributed by atoms with E-state index in [1.54, 1.807) is 0 Å². The Morgan fingerprint density at radius 2 is 2.33 bits per heavy atom. The maximum absolute atomic E-state index is 9.00. The summed E-state index contributed by atoms with van der Waals surface area (Å²) >= 11 is 0. The first-order valence-corrected chi connectivity index (χ1v) is 4.64. The van der Waals surface area contributed by atoms with Gasteiger partial charge in [0.25, 0.3) is 0 Å². The fourth-order valence-electron chi connectivity index (χ4n) is 1.94. The first kappa shape index (κ1) is 8.03. The van der Waals surface area contributed by atoms with Crippen molar-refractivity contribution in [2.45, 2.75) is 30.8 Å². The fourth-order valence-corrected chi connectivity index (χ4v) is 1.94. The maximum Gasteiger partial charge on any atom is 0.120 e. The Balaban J connectivity index is 1.99. The van der Waals surface area contributed by atoms with Crippen LogP contribution in [0.4, 0.5) is 0 Å². The molecule has 0 bridgehead atoms. The second-order valence-corrected chi connectivity index (χ2v) is 3.90. The summed E-state index contributed by atoms with van der Waals surface area (Å²) in [6, 6.07) is 3.19. The molecule has 0 spiro atoms. The minimum absolute atomic E-state index is 0.247. The van der Waals surface area contributed by atoms with Crippen molar-refractivity contribution in [2.24, 2.45) is 0 Å². The van der Waals surface area contributed by atoms with E-state index in [4.69, 9.17) is 5.26 Å². The largest absolute Gasteiger partial charge is 0.301 e. The second kappa shape index (κ2) is 2.72. The lowest BCUT2D eigenvalue weighted by molar-refractivity contribution is 0.306. The summed E-state index contributed by atoms with van der Waals surface area (Å²) < 4.78 is 0. The lowest BCUT2D eigenvalue weighted by atomic mass is 10.0. The predicted molar refractivity (Wildman–Crippen MR) is 46.6 cm³/mol. The van der Waals surface area contributed by atoms with E-state index in [1.807, 2.05) is 7.05 Å². The van der Waals surface area contributed by atoms with E-state index in [0.717, 1.165) is 25.6 Å². The lowest BCUT2D eigenvalue weighted by Crippen LogP contribution is -2.44. The standard InChI is InChI=1S/C9H15N3/c1-11-9(6-10)4-5-12(7-9)8-2-3-8/h8,11H,2-5,7H2,1H3. The highest BCUT2D eigenvalue weighted by Gasteiger charge is 2.42. The smallest absolute Gasteiger partial charge is 0.120 e. The van der Waals surface area contributed by atoms with Gasteiger partial charge in [0.2, 0.25) is 0 Å². The average molecular weight is 165 g/mol. The van der Waals surface area contributed by atoms with Crippen LogP contribution in [0.1, 0.15) is 19.3 Å². The molecule has 1 heterocycles. The summed E-state index contributed by atoms with van der Waals surface area (Å²) in [7, 11) is 1.89. The van der Waals surface area contributed by atoms with Gasteiger partial charge in [-0.15, -0.1) is 0 Å². The van der Waals surface area contributed by atoms with Crippen molar-refractivity contribution in [1.82, 2.24) is 10.2 Å². The van der Waals surface area contributed by atoms with Crippen molar-refractivity contribution in [3.05, 3.63) is 0 Å². The number of likely N-dealkylation sites (tertiary alicyclic amines) is 1. The number of likely N-dealkylation sites (N-methyl/N-ethyl adjacent to an activating group) is 1. The van der Waals surface area contributed by atoms with Crippen LogP contribution in [-0.2, 0) is 0 Å². The van der Waals surface area contributed by atoms with Crippen molar-refractivity contribution >= 4 is 0 Å². The molecule has 1 unspecified atom stereocenters. The number of nitrogens with one attached hydrogen (secondary N) is 1. The Labute approximate surface area is 73.3 Å². The van der Waals surface area contributed by atoms with Crippen molar-refractivity contribution in [2.75, 3.05) is 20.1 Å². The molecule has 66 valence electrons. The summed E-state index contributed by atoms with van der Waals surface area (Å²) in [5.41, 5.74) is -0.247. The zero-order valence-electron chi connectivity index (χ0n) is 7.51. The summed E-state index contributed by atoms with van der Waals surface area (Å²) in [5, 5.41) is 12.1. The molecule has 1 aliphatic heterocycles. The van der Waals surface area contributed by atoms with Crippen LogP contribution in [-0.4, -0.2) is 36.6 Å². The quantitative estimate of drug-likeness (QED) is 0.641. The molecular formula is C9H15N3. The summed E-state index contributed by atoms with van der Waals surface area (Å²) in [4.78, 5) is 2.44. The molecule has 1 N–H and O–H groups in total. The monoisotopic (exact) mass is 165 g/mol. The number of nitrogens with zero attached hydrogens (tertiary/aromatic N) is 2. The Bertz CT molecular complexity index is 216. The Morgan fingerprint density at radius 3 is 2.75 bits per heavy atom. The van der Waals surface area contributed by atoms with Gasteiger partial charge in [0.1, 0.15) is 5.54 Å². The van der Waals surface area contributed by atoms with Crippen molar-refractivity contribution in [1.29, 1.82) is 5.26 Å². The van der Waals surface area contributed by atoms with Crippen LogP contribution >= 0.6 is 0 Å². The van der Waals surface area contributed by atoms with E-state index in [9.17, 15) is 0 Å². The first-order chi connectivity index (χ1) is 5.79. The Morgan fingerprint density at radius 1 is 1.58 bits per heavy atom. The predicted octanol–water partition coefficient (Wildman–Crippen LogP) is 0.336. The van der Waals surface area contributed by atoms with E-state index >= 15 is 0 Å². The van der Waals surface area contributed by atoms with Gasteiger partial charge >= 0.3 is 0 Å². The Hall–Kier alpha value is -0.590. The van der Waals surface area contributed by atoms with E-state index in [1.165, 1.54) is 12.8 Å². The highest BCUT2D eigenvalue weighted by molar-refractivity contribution is 5.13. The number of hydrogen-bond donors (Lipinski definition) is 1.